The number of halogens is 1. The third-order valence-corrected chi connectivity index (χ3v) is 5.68. The number of carboxylic acid groups (broad SMARTS) is 1. The minimum Gasteiger partial charge on any atom is -0.475 e. The van der Waals surface area contributed by atoms with Crippen LogP contribution in [0, 0.1) is 5.82 Å². The summed E-state index contributed by atoms with van der Waals surface area (Å²) >= 11 is 0. The summed E-state index contributed by atoms with van der Waals surface area (Å²) in [6.07, 6.45) is 1.06. The maximum Gasteiger partial charge on any atom is 0.371 e. The van der Waals surface area contributed by atoms with Crippen LogP contribution in [0.25, 0.3) is 0 Å². The Kier molecular flexibility index (Phi) is 5.29. The topological polar surface area (TPSA) is 117 Å². The van der Waals surface area contributed by atoms with Crippen LogP contribution in [-0.2, 0) is 10.0 Å². The van der Waals surface area contributed by atoms with Crippen molar-refractivity contribution in [1.29, 1.82) is 0 Å². The highest BCUT2D eigenvalue weighted by atomic mass is 32.2. The Morgan fingerprint density at radius 3 is 2.63 bits per heavy atom. The van der Waals surface area contributed by atoms with E-state index in [-0.39, 0.29) is 23.0 Å². The second-order valence-electron chi connectivity index (χ2n) is 6.14. The average molecular weight is 396 g/mol. The number of furan rings is 1. The Hall–Kier alpha value is -2.72. The van der Waals surface area contributed by atoms with E-state index in [4.69, 9.17) is 9.52 Å². The number of carbonyl (C=O) groups excluding carboxylic acids is 1. The van der Waals surface area contributed by atoms with Crippen LogP contribution in [-0.4, -0.2) is 49.4 Å². The fraction of sp³-hybridized carbons (Fsp3) is 0.294. The zero-order valence-electron chi connectivity index (χ0n) is 14.1. The van der Waals surface area contributed by atoms with Crippen LogP contribution in [0.2, 0.25) is 0 Å². The molecule has 1 aliphatic heterocycles. The zero-order valence-corrected chi connectivity index (χ0v) is 14.9. The molecule has 2 aromatic rings. The minimum atomic E-state index is -3.93. The van der Waals surface area contributed by atoms with E-state index < -0.39 is 33.8 Å². The van der Waals surface area contributed by atoms with Gasteiger partial charge in [0, 0.05) is 19.1 Å². The first-order valence-corrected chi connectivity index (χ1v) is 9.65. The molecule has 1 atom stereocenters. The van der Waals surface area contributed by atoms with Gasteiger partial charge < -0.3 is 14.4 Å². The number of benzene rings is 1. The quantitative estimate of drug-likeness (QED) is 0.795. The summed E-state index contributed by atoms with van der Waals surface area (Å²) in [5.74, 6) is -2.93. The molecule has 1 amide bonds. The SMILES string of the molecule is O=C(O)c1ccc(C(=O)N2CCCC(NS(=O)(=O)c3cccc(F)c3)C2)o1. The summed E-state index contributed by atoms with van der Waals surface area (Å²) in [7, 11) is -3.93. The highest BCUT2D eigenvalue weighted by molar-refractivity contribution is 7.89. The molecule has 1 aromatic heterocycles. The van der Waals surface area contributed by atoms with E-state index in [0.29, 0.717) is 19.4 Å². The molecule has 3 rings (SSSR count). The highest BCUT2D eigenvalue weighted by Gasteiger charge is 2.29. The third kappa shape index (κ3) is 4.34. The lowest BCUT2D eigenvalue weighted by atomic mass is 10.1. The van der Waals surface area contributed by atoms with Crippen molar-refractivity contribution in [3.05, 3.63) is 53.7 Å². The third-order valence-electron chi connectivity index (χ3n) is 4.16. The fourth-order valence-corrected chi connectivity index (χ4v) is 4.20. The van der Waals surface area contributed by atoms with Gasteiger partial charge in [-0.15, -0.1) is 0 Å². The summed E-state index contributed by atoms with van der Waals surface area (Å²) in [6, 6.07) is 6.56. The summed E-state index contributed by atoms with van der Waals surface area (Å²) < 4.78 is 45.6. The van der Waals surface area contributed by atoms with Crippen molar-refractivity contribution in [2.75, 3.05) is 13.1 Å². The molecule has 1 fully saturated rings. The molecule has 8 nitrogen and oxygen atoms in total. The Morgan fingerprint density at radius 2 is 1.96 bits per heavy atom. The van der Waals surface area contributed by atoms with Crippen LogP contribution in [0.3, 0.4) is 0 Å². The van der Waals surface area contributed by atoms with Gasteiger partial charge >= 0.3 is 5.97 Å². The van der Waals surface area contributed by atoms with Gasteiger partial charge in [0.15, 0.2) is 5.76 Å². The van der Waals surface area contributed by atoms with Crippen LogP contribution in [0.1, 0.15) is 34.0 Å². The Bertz CT molecular complexity index is 971. The molecule has 1 unspecified atom stereocenters. The van der Waals surface area contributed by atoms with E-state index in [1.807, 2.05) is 0 Å². The van der Waals surface area contributed by atoms with Crippen molar-refractivity contribution in [3.63, 3.8) is 0 Å². The fourth-order valence-electron chi connectivity index (χ4n) is 2.90. The van der Waals surface area contributed by atoms with Gasteiger partial charge in [-0.3, -0.25) is 4.79 Å². The molecule has 1 aliphatic rings. The molecule has 2 heterocycles. The van der Waals surface area contributed by atoms with E-state index in [9.17, 15) is 22.4 Å². The van der Waals surface area contributed by atoms with Gasteiger partial charge in [0.1, 0.15) is 5.82 Å². The normalized spacial score (nSPS) is 17.7. The van der Waals surface area contributed by atoms with Crippen molar-refractivity contribution in [1.82, 2.24) is 9.62 Å². The largest absolute Gasteiger partial charge is 0.475 e. The highest BCUT2D eigenvalue weighted by Crippen LogP contribution is 2.18. The number of piperidine rings is 1. The van der Waals surface area contributed by atoms with Crippen LogP contribution < -0.4 is 4.72 Å². The summed E-state index contributed by atoms with van der Waals surface area (Å²) in [5, 5.41) is 8.87. The molecule has 0 spiro atoms. The van der Waals surface area contributed by atoms with Crippen LogP contribution in [0.4, 0.5) is 4.39 Å². The second kappa shape index (κ2) is 7.49. The first kappa shape index (κ1) is 19.1. The van der Waals surface area contributed by atoms with Gasteiger partial charge in [-0.2, -0.15) is 0 Å². The van der Waals surface area contributed by atoms with Crippen LogP contribution in [0.15, 0.2) is 45.7 Å². The van der Waals surface area contributed by atoms with Crippen LogP contribution in [0.5, 0.6) is 0 Å². The molecule has 144 valence electrons. The lowest BCUT2D eigenvalue weighted by Gasteiger charge is -2.32. The number of nitrogens with one attached hydrogen (secondary N) is 1. The molecule has 0 aliphatic carbocycles. The maximum atomic E-state index is 13.3. The number of hydrogen-bond acceptors (Lipinski definition) is 5. The molecular formula is C17H17FN2O6S. The van der Waals surface area contributed by atoms with Crippen LogP contribution >= 0.6 is 0 Å². The summed E-state index contributed by atoms with van der Waals surface area (Å²) in [4.78, 5) is 24.5. The van der Waals surface area contributed by atoms with Crippen molar-refractivity contribution >= 4 is 21.9 Å². The molecule has 0 saturated carbocycles. The standard InChI is InChI=1S/C17H17FN2O6S/c18-11-3-1-5-13(9-11)27(24,25)19-12-4-2-8-20(10-12)16(21)14-6-7-15(26-14)17(22)23/h1,3,5-7,9,12,19H,2,4,8,10H2,(H,22,23). The van der Waals surface area contributed by atoms with E-state index in [0.717, 1.165) is 12.1 Å². The predicted molar refractivity (Wildman–Crippen MR) is 91.3 cm³/mol. The molecule has 0 radical (unpaired) electrons. The summed E-state index contributed by atoms with van der Waals surface area (Å²) in [6.45, 7) is 0.483. The molecule has 1 aromatic carbocycles. The number of hydrogen-bond donors (Lipinski definition) is 2. The maximum absolute atomic E-state index is 13.3. The first-order valence-electron chi connectivity index (χ1n) is 8.16. The first-order chi connectivity index (χ1) is 12.8. The molecule has 1 saturated heterocycles. The number of sulfonamides is 1. The number of amides is 1. The van der Waals surface area contributed by atoms with Gasteiger partial charge in [-0.1, -0.05) is 6.07 Å². The number of rotatable bonds is 5. The molecular weight excluding hydrogens is 379 g/mol. The van der Waals surface area contributed by atoms with Gasteiger partial charge in [0.25, 0.3) is 5.91 Å². The number of likely N-dealkylation sites (tertiary alicyclic amines) is 1. The zero-order chi connectivity index (χ0) is 19.6. The van der Waals surface area contributed by atoms with Crippen molar-refractivity contribution in [2.45, 2.75) is 23.8 Å². The monoisotopic (exact) mass is 396 g/mol. The number of aromatic carboxylic acids is 1. The lowest BCUT2D eigenvalue weighted by Crippen LogP contribution is -2.49. The Morgan fingerprint density at radius 1 is 1.22 bits per heavy atom. The Labute approximate surface area is 154 Å². The molecule has 0 bridgehead atoms. The second-order valence-corrected chi connectivity index (χ2v) is 7.85. The lowest BCUT2D eigenvalue weighted by molar-refractivity contribution is 0.0634. The molecule has 2 N–H and O–H groups in total. The number of carboxylic acids is 1. The average Bonchev–Trinajstić information content (AvgIpc) is 3.11. The number of carbonyl (C=O) groups is 2. The smallest absolute Gasteiger partial charge is 0.371 e. The Balaban J connectivity index is 1.70. The van der Waals surface area contributed by atoms with Crippen molar-refractivity contribution in [2.24, 2.45) is 0 Å². The summed E-state index contributed by atoms with van der Waals surface area (Å²) in [5.41, 5.74) is 0. The van der Waals surface area contributed by atoms with E-state index >= 15 is 0 Å². The molecule has 27 heavy (non-hydrogen) atoms. The van der Waals surface area contributed by atoms with Gasteiger partial charge in [0.2, 0.25) is 15.8 Å². The van der Waals surface area contributed by atoms with Crippen molar-refractivity contribution in [3.8, 4) is 0 Å². The minimum absolute atomic E-state index is 0.0937. The van der Waals surface area contributed by atoms with Gasteiger partial charge in [-0.05, 0) is 43.2 Å². The van der Waals surface area contributed by atoms with E-state index in [1.54, 1.807) is 0 Å². The van der Waals surface area contributed by atoms with Gasteiger partial charge in [-0.25, -0.2) is 22.3 Å². The number of nitrogens with zero attached hydrogens (tertiary/aromatic N) is 1. The van der Waals surface area contributed by atoms with E-state index in [2.05, 4.69) is 4.72 Å². The predicted octanol–water partition coefficient (Wildman–Crippen LogP) is 1.70. The molecule has 10 heteroatoms. The van der Waals surface area contributed by atoms with Crippen molar-refractivity contribution < 1.29 is 31.9 Å². The van der Waals surface area contributed by atoms with Gasteiger partial charge in [0.05, 0.1) is 4.90 Å². The van der Waals surface area contributed by atoms with E-state index in [1.165, 1.54) is 29.2 Å².